The molecule has 1 aliphatic carbocycles. The second-order valence-corrected chi connectivity index (χ2v) is 6.04. The number of rotatable bonds is 3. The fourth-order valence-electron chi connectivity index (χ4n) is 1.75. The molecule has 1 aromatic heterocycles. The Balaban J connectivity index is 2.39. The van der Waals surface area contributed by atoms with Gasteiger partial charge in [-0.25, -0.2) is 4.98 Å². The minimum absolute atomic E-state index is 0.179. The van der Waals surface area contributed by atoms with Gasteiger partial charge < -0.3 is 5.73 Å². The molecule has 0 spiro atoms. The number of aromatic nitrogens is 3. The zero-order valence-corrected chi connectivity index (χ0v) is 10.9. The van der Waals surface area contributed by atoms with Crippen molar-refractivity contribution in [2.75, 3.05) is 0 Å². The van der Waals surface area contributed by atoms with Gasteiger partial charge in [-0.15, -0.1) is 0 Å². The zero-order valence-electron chi connectivity index (χ0n) is 10.9. The molecule has 16 heavy (non-hydrogen) atoms. The molecule has 0 aliphatic heterocycles. The SMILES string of the molecule is Cn1nc(C2CC2)nc1C(C)(C)C(C)(C)N. The summed E-state index contributed by atoms with van der Waals surface area (Å²) in [6.07, 6.45) is 2.46. The van der Waals surface area contributed by atoms with Crippen molar-refractivity contribution in [3.05, 3.63) is 11.6 Å². The van der Waals surface area contributed by atoms with Crippen molar-refractivity contribution in [1.29, 1.82) is 0 Å². The first-order chi connectivity index (χ1) is 7.23. The van der Waals surface area contributed by atoms with E-state index in [1.165, 1.54) is 12.8 Å². The number of hydrogen-bond donors (Lipinski definition) is 1. The molecule has 2 N–H and O–H groups in total. The van der Waals surface area contributed by atoms with Gasteiger partial charge in [-0.05, 0) is 26.7 Å². The van der Waals surface area contributed by atoms with Gasteiger partial charge in [0, 0.05) is 23.9 Å². The first kappa shape index (κ1) is 11.6. The molecule has 4 heteroatoms. The highest BCUT2D eigenvalue weighted by molar-refractivity contribution is 5.17. The average molecular weight is 222 g/mol. The minimum atomic E-state index is -0.311. The third kappa shape index (κ3) is 1.75. The molecule has 1 saturated carbocycles. The van der Waals surface area contributed by atoms with E-state index in [1.54, 1.807) is 0 Å². The topological polar surface area (TPSA) is 56.7 Å². The van der Waals surface area contributed by atoms with Crippen LogP contribution >= 0.6 is 0 Å². The first-order valence-corrected chi connectivity index (χ1v) is 5.94. The Bertz CT molecular complexity index is 394. The van der Waals surface area contributed by atoms with Crippen molar-refractivity contribution >= 4 is 0 Å². The van der Waals surface area contributed by atoms with Gasteiger partial charge in [-0.1, -0.05) is 13.8 Å². The van der Waals surface area contributed by atoms with E-state index in [4.69, 9.17) is 5.73 Å². The molecule has 0 atom stereocenters. The van der Waals surface area contributed by atoms with E-state index in [0.29, 0.717) is 5.92 Å². The molecule has 1 heterocycles. The highest BCUT2D eigenvalue weighted by atomic mass is 15.3. The monoisotopic (exact) mass is 222 g/mol. The van der Waals surface area contributed by atoms with E-state index >= 15 is 0 Å². The van der Waals surface area contributed by atoms with E-state index in [2.05, 4.69) is 23.9 Å². The van der Waals surface area contributed by atoms with Gasteiger partial charge in [0.25, 0.3) is 0 Å². The van der Waals surface area contributed by atoms with Crippen molar-refractivity contribution in [1.82, 2.24) is 14.8 Å². The Labute approximate surface area is 97.2 Å². The fourth-order valence-corrected chi connectivity index (χ4v) is 1.75. The van der Waals surface area contributed by atoms with Crippen LogP contribution in [0.25, 0.3) is 0 Å². The molecule has 4 nitrogen and oxygen atoms in total. The van der Waals surface area contributed by atoms with Gasteiger partial charge >= 0.3 is 0 Å². The van der Waals surface area contributed by atoms with Crippen LogP contribution in [0.5, 0.6) is 0 Å². The maximum atomic E-state index is 6.23. The lowest BCUT2D eigenvalue weighted by molar-refractivity contribution is 0.282. The molecular formula is C12H22N4. The van der Waals surface area contributed by atoms with E-state index in [1.807, 2.05) is 25.6 Å². The van der Waals surface area contributed by atoms with E-state index in [9.17, 15) is 0 Å². The van der Waals surface area contributed by atoms with E-state index < -0.39 is 0 Å². The predicted octanol–water partition coefficient (Wildman–Crippen LogP) is 1.71. The number of hydrogen-bond acceptors (Lipinski definition) is 3. The van der Waals surface area contributed by atoms with Crippen LogP contribution in [0.4, 0.5) is 0 Å². The van der Waals surface area contributed by atoms with Crippen molar-refractivity contribution in [2.24, 2.45) is 12.8 Å². The highest BCUT2D eigenvalue weighted by Crippen LogP contribution is 2.39. The molecule has 0 unspecified atom stereocenters. The molecule has 0 bridgehead atoms. The van der Waals surface area contributed by atoms with Crippen LogP contribution in [-0.4, -0.2) is 20.3 Å². The Morgan fingerprint density at radius 3 is 2.25 bits per heavy atom. The summed E-state index contributed by atoms with van der Waals surface area (Å²) in [5.41, 5.74) is 5.74. The van der Waals surface area contributed by atoms with Crippen LogP contribution in [0.1, 0.15) is 58.1 Å². The lowest BCUT2D eigenvalue weighted by atomic mass is 9.74. The second-order valence-electron chi connectivity index (χ2n) is 6.04. The molecule has 2 rings (SSSR count). The summed E-state index contributed by atoms with van der Waals surface area (Å²) in [6.45, 7) is 8.35. The third-order valence-corrected chi connectivity index (χ3v) is 3.89. The Kier molecular flexibility index (Phi) is 2.38. The quantitative estimate of drug-likeness (QED) is 0.847. The second kappa shape index (κ2) is 3.29. The molecule has 1 aliphatic rings. The Morgan fingerprint density at radius 1 is 1.25 bits per heavy atom. The van der Waals surface area contributed by atoms with E-state index in [-0.39, 0.29) is 11.0 Å². The maximum absolute atomic E-state index is 6.23. The van der Waals surface area contributed by atoms with E-state index in [0.717, 1.165) is 11.6 Å². The number of nitrogens with two attached hydrogens (primary N) is 1. The molecule has 1 aromatic rings. The lowest BCUT2D eigenvalue weighted by Crippen LogP contribution is -2.51. The van der Waals surface area contributed by atoms with Crippen LogP contribution in [0.2, 0.25) is 0 Å². The van der Waals surface area contributed by atoms with Crippen molar-refractivity contribution in [3.63, 3.8) is 0 Å². The summed E-state index contributed by atoms with van der Waals surface area (Å²) in [4.78, 5) is 4.68. The van der Waals surface area contributed by atoms with Crippen LogP contribution in [0, 0.1) is 0 Å². The summed E-state index contributed by atoms with van der Waals surface area (Å²) in [5.74, 6) is 2.58. The molecule has 1 fully saturated rings. The Morgan fingerprint density at radius 2 is 1.81 bits per heavy atom. The molecule has 0 amide bonds. The molecule has 0 saturated heterocycles. The van der Waals surface area contributed by atoms with Gasteiger partial charge in [0.1, 0.15) is 5.82 Å². The minimum Gasteiger partial charge on any atom is -0.325 e. The van der Waals surface area contributed by atoms with Gasteiger partial charge in [0.05, 0.1) is 0 Å². The molecule has 0 radical (unpaired) electrons. The third-order valence-electron chi connectivity index (χ3n) is 3.89. The molecule has 0 aromatic carbocycles. The summed E-state index contributed by atoms with van der Waals surface area (Å²) in [7, 11) is 1.96. The lowest BCUT2D eigenvalue weighted by Gasteiger charge is -2.37. The summed E-state index contributed by atoms with van der Waals surface area (Å²) < 4.78 is 1.89. The summed E-state index contributed by atoms with van der Waals surface area (Å²) in [6, 6.07) is 0. The van der Waals surface area contributed by atoms with Crippen molar-refractivity contribution in [3.8, 4) is 0 Å². The highest BCUT2D eigenvalue weighted by Gasteiger charge is 2.40. The molecule has 90 valence electrons. The van der Waals surface area contributed by atoms with Crippen LogP contribution in [0.3, 0.4) is 0 Å². The fraction of sp³-hybridized carbons (Fsp3) is 0.833. The molecular weight excluding hydrogens is 200 g/mol. The normalized spacial score (nSPS) is 17.9. The van der Waals surface area contributed by atoms with Crippen molar-refractivity contribution in [2.45, 2.75) is 57.4 Å². The standard InChI is InChI=1S/C12H22N4/c1-11(2,12(3,4)13)10-14-9(8-6-7-8)15-16(10)5/h8H,6-7,13H2,1-5H3. The van der Waals surface area contributed by atoms with Crippen LogP contribution in [-0.2, 0) is 12.5 Å². The van der Waals surface area contributed by atoms with Gasteiger partial charge in [-0.3, -0.25) is 4.68 Å². The van der Waals surface area contributed by atoms with Crippen molar-refractivity contribution < 1.29 is 0 Å². The van der Waals surface area contributed by atoms with Crippen LogP contribution < -0.4 is 5.73 Å². The largest absolute Gasteiger partial charge is 0.325 e. The summed E-state index contributed by atoms with van der Waals surface area (Å²) in [5, 5.41) is 4.50. The number of aryl methyl sites for hydroxylation is 1. The smallest absolute Gasteiger partial charge is 0.154 e. The van der Waals surface area contributed by atoms with Gasteiger partial charge in [-0.2, -0.15) is 5.10 Å². The summed E-state index contributed by atoms with van der Waals surface area (Å²) >= 11 is 0. The number of nitrogens with zero attached hydrogens (tertiary/aromatic N) is 3. The van der Waals surface area contributed by atoms with Crippen LogP contribution in [0.15, 0.2) is 0 Å². The Hall–Kier alpha value is -0.900. The van der Waals surface area contributed by atoms with Gasteiger partial charge in [0.15, 0.2) is 5.82 Å². The first-order valence-electron chi connectivity index (χ1n) is 5.94. The maximum Gasteiger partial charge on any atom is 0.154 e. The average Bonchev–Trinajstić information content (AvgIpc) is 2.88. The van der Waals surface area contributed by atoms with Gasteiger partial charge in [0.2, 0.25) is 0 Å². The predicted molar refractivity (Wildman–Crippen MR) is 64.3 cm³/mol. The zero-order chi connectivity index (χ0) is 12.1.